The van der Waals surface area contributed by atoms with Crippen molar-refractivity contribution >= 4 is 33.1 Å². The van der Waals surface area contributed by atoms with Gasteiger partial charge in [-0.1, -0.05) is 6.07 Å². The van der Waals surface area contributed by atoms with E-state index in [1.165, 1.54) is 10.6 Å². The summed E-state index contributed by atoms with van der Waals surface area (Å²) >= 11 is 0. The summed E-state index contributed by atoms with van der Waals surface area (Å²) in [7, 11) is -1.75. The van der Waals surface area contributed by atoms with Crippen LogP contribution in [0.2, 0.25) is 0 Å². The van der Waals surface area contributed by atoms with E-state index in [-0.39, 0.29) is 0 Å². The number of ether oxygens (including phenoxy) is 1. The van der Waals surface area contributed by atoms with Gasteiger partial charge in [0.2, 0.25) is 10.0 Å². The van der Waals surface area contributed by atoms with Gasteiger partial charge in [-0.05, 0) is 48.4 Å². The molecule has 2 amide bonds. The molecule has 0 aromatic heterocycles. The van der Waals surface area contributed by atoms with Gasteiger partial charge in [0.25, 0.3) is 0 Å². The van der Waals surface area contributed by atoms with Crippen molar-refractivity contribution in [2.45, 2.75) is 6.42 Å². The van der Waals surface area contributed by atoms with Crippen LogP contribution < -0.4 is 19.7 Å². The van der Waals surface area contributed by atoms with Gasteiger partial charge in [-0.15, -0.1) is 0 Å². The third-order valence-corrected chi connectivity index (χ3v) is 5.12. The number of benzene rings is 2. The van der Waals surface area contributed by atoms with Gasteiger partial charge in [0.15, 0.2) is 0 Å². The van der Waals surface area contributed by atoms with Crippen LogP contribution in [0.3, 0.4) is 0 Å². The van der Waals surface area contributed by atoms with Crippen molar-refractivity contribution in [2.75, 3.05) is 34.8 Å². The van der Waals surface area contributed by atoms with Crippen LogP contribution in [0.25, 0.3) is 0 Å². The van der Waals surface area contributed by atoms with Crippen LogP contribution in [0, 0.1) is 0 Å². The zero-order chi connectivity index (χ0) is 18.0. The van der Waals surface area contributed by atoms with E-state index in [1.807, 2.05) is 6.07 Å². The highest BCUT2D eigenvalue weighted by molar-refractivity contribution is 7.92. The SMILES string of the molecule is COc1ccc(NC(=O)Nc2ccc3c(c2)N(S(C)(=O)=O)CC3)cc1. The van der Waals surface area contributed by atoms with Crippen molar-refractivity contribution in [3.63, 3.8) is 0 Å². The average Bonchev–Trinajstić information content (AvgIpc) is 2.99. The molecule has 25 heavy (non-hydrogen) atoms. The van der Waals surface area contributed by atoms with E-state index in [4.69, 9.17) is 4.74 Å². The number of methoxy groups -OCH3 is 1. The van der Waals surface area contributed by atoms with Gasteiger partial charge in [0, 0.05) is 17.9 Å². The minimum atomic E-state index is -3.32. The molecule has 2 aromatic rings. The number of carbonyl (C=O) groups excluding carboxylic acids is 1. The summed E-state index contributed by atoms with van der Waals surface area (Å²) < 4.78 is 30.1. The molecular formula is C17H19N3O4S. The van der Waals surface area contributed by atoms with Gasteiger partial charge < -0.3 is 15.4 Å². The molecular weight excluding hydrogens is 342 g/mol. The second-order valence-electron chi connectivity index (χ2n) is 5.74. The number of amides is 2. The number of hydrogen-bond donors (Lipinski definition) is 2. The first-order chi connectivity index (χ1) is 11.9. The molecule has 0 bridgehead atoms. The number of urea groups is 1. The second kappa shape index (κ2) is 6.64. The van der Waals surface area contributed by atoms with Gasteiger partial charge in [-0.2, -0.15) is 0 Å². The second-order valence-corrected chi connectivity index (χ2v) is 7.64. The third-order valence-electron chi connectivity index (χ3n) is 3.94. The quantitative estimate of drug-likeness (QED) is 0.876. The first-order valence-electron chi connectivity index (χ1n) is 7.69. The fourth-order valence-electron chi connectivity index (χ4n) is 2.74. The summed E-state index contributed by atoms with van der Waals surface area (Å²) in [6, 6.07) is 11.8. The smallest absolute Gasteiger partial charge is 0.323 e. The van der Waals surface area contributed by atoms with Gasteiger partial charge in [0.05, 0.1) is 19.1 Å². The Labute approximate surface area is 146 Å². The fourth-order valence-corrected chi connectivity index (χ4v) is 3.69. The van der Waals surface area contributed by atoms with Crippen LogP contribution >= 0.6 is 0 Å². The molecule has 0 fully saturated rings. The molecule has 0 aliphatic carbocycles. The van der Waals surface area contributed by atoms with Gasteiger partial charge >= 0.3 is 6.03 Å². The van der Waals surface area contributed by atoms with E-state index in [1.54, 1.807) is 43.5 Å². The Morgan fingerprint density at radius 2 is 1.72 bits per heavy atom. The molecule has 8 heteroatoms. The van der Waals surface area contributed by atoms with Crippen LogP contribution in [0.5, 0.6) is 5.75 Å². The molecule has 7 nitrogen and oxygen atoms in total. The lowest BCUT2D eigenvalue weighted by molar-refractivity contribution is 0.262. The first-order valence-corrected chi connectivity index (χ1v) is 9.54. The topological polar surface area (TPSA) is 87.7 Å². The predicted octanol–water partition coefficient (Wildman–Crippen LogP) is 2.66. The van der Waals surface area contributed by atoms with Crippen molar-refractivity contribution in [2.24, 2.45) is 0 Å². The van der Waals surface area contributed by atoms with Crippen LogP contribution in [0.1, 0.15) is 5.56 Å². The van der Waals surface area contributed by atoms with Crippen LogP contribution in [0.4, 0.5) is 21.9 Å². The Kier molecular flexibility index (Phi) is 4.54. The molecule has 1 aliphatic rings. The zero-order valence-electron chi connectivity index (χ0n) is 13.9. The Morgan fingerprint density at radius 3 is 2.36 bits per heavy atom. The third kappa shape index (κ3) is 3.85. The average molecular weight is 361 g/mol. The number of nitrogens with one attached hydrogen (secondary N) is 2. The number of sulfonamides is 1. The van der Waals surface area contributed by atoms with Gasteiger partial charge in [-0.3, -0.25) is 4.31 Å². The monoisotopic (exact) mass is 361 g/mol. The Morgan fingerprint density at radius 1 is 1.08 bits per heavy atom. The highest BCUT2D eigenvalue weighted by Crippen LogP contribution is 2.32. The molecule has 3 rings (SSSR count). The molecule has 1 heterocycles. The molecule has 0 saturated heterocycles. The molecule has 0 atom stereocenters. The number of hydrogen-bond acceptors (Lipinski definition) is 4. The molecule has 2 aromatic carbocycles. The number of anilines is 3. The van der Waals surface area contributed by atoms with E-state index in [0.717, 1.165) is 5.56 Å². The number of nitrogens with zero attached hydrogens (tertiary/aromatic N) is 1. The van der Waals surface area contributed by atoms with Crippen molar-refractivity contribution in [1.82, 2.24) is 0 Å². The van der Waals surface area contributed by atoms with Crippen molar-refractivity contribution in [3.8, 4) is 5.75 Å². The first kappa shape index (κ1) is 17.1. The summed E-state index contributed by atoms with van der Waals surface area (Å²) in [5.74, 6) is 0.699. The summed E-state index contributed by atoms with van der Waals surface area (Å²) in [4.78, 5) is 12.1. The maximum atomic E-state index is 12.1. The lowest BCUT2D eigenvalue weighted by Gasteiger charge is -2.17. The molecule has 0 radical (unpaired) electrons. The summed E-state index contributed by atoms with van der Waals surface area (Å²) in [6.07, 6.45) is 1.85. The highest BCUT2D eigenvalue weighted by Gasteiger charge is 2.26. The van der Waals surface area contributed by atoms with E-state index in [2.05, 4.69) is 10.6 Å². The number of carbonyl (C=O) groups is 1. The standard InChI is InChI=1S/C17H19N3O4S/c1-24-15-7-5-13(6-8-15)18-17(21)19-14-4-3-12-9-10-20(16(12)11-14)25(2,22)23/h3-8,11H,9-10H2,1-2H3,(H2,18,19,21). The lowest BCUT2D eigenvalue weighted by atomic mass is 10.1. The van der Waals surface area contributed by atoms with Crippen LogP contribution in [0.15, 0.2) is 42.5 Å². The van der Waals surface area contributed by atoms with E-state index < -0.39 is 16.1 Å². The zero-order valence-corrected chi connectivity index (χ0v) is 14.8. The van der Waals surface area contributed by atoms with Crippen molar-refractivity contribution in [1.29, 1.82) is 0 Å². The largest absolute Gasteiger partial charge is 0.497 e. The van der Waals surface area contributed by atoms with Gasteiger partial charge in [-0.25, -0.2) is 13.2 Å². The molecule has 1 aliphatic heterocycles. The van der Waals surface area contributed by atoms with Crippen LogP contribution in [-0.4, -0.2) is 34.4 Å². The van der Waals surface area contributed by atoms with E-state index >= 15 is 0 Å². The summed E-state index contributed by atoms with van der Waals surface area (Å²) in [5.41, 5.74) is 2.72. The normalized spacial score (nSPS) is 13.3. The minimum Gasteiger partial charge on any atom is -0.497 e. The Hall–Kier alpha value is -2.74. The van der Waals surface area contributed by atoms with Crippen molar-refractivity contribution in [3.05, 3.63) is 48.0 Å². The van der Waals surface area contributed by atoms with Crippen LogP contribution in [-0.2, 0) is 16.4 Å². The minimum absolute atomic E-state index is 0.408. The van der Waals surface area contributed by atoms with Crippen molar-refractivity contribution < 1.29 is 17.9 Å². The van der Waals surface area contributed by atoms with E-state index in [0.29, 0.717) is 35.8 Å². The summed E-state index contributed by atoms with van der Waals surface area (Å²) in [6.45, 7) is 0.426. The van der Waals surface area contributed by atoms with Gasteiger partial charge in [0.1, 0.15) is 5.75 Å². The fraction of sp³-hybridized carbons (Fsp3) is 0.235. The molecule has 0 spiro atoms. The maximum absolute atomic E-state index is 12.1. The predicted molar refractivity (Wildman–Crippen MR) is 98.0 cm³/mol. The molecule has 2 N–H and O–H groups in total. The molecule has 132 valence electrons. The molecule has 0 unspecified atom stereocenters. The highest BCUT2D eigenvalue weighted by atomic mass is 32.2. The maximum Gasteiger partial charge on any atom is 0.323 e. The Balaban J connectivity index is 1.72. The Bertz CT molecular complexity index is 895. The lowest BCUT2D eigenvalue weighted by Crippen LogP contribution is -2.27. The molecule has 0 saturated carbocycles. The van der Waals surface area contributed by atoms with E-state index in [9.17, 15) is 13.2 Å². The number of rotatable bonds is 4. The summed E-state index contributed by atoms with van der Waals surface area (Å²) in [5, 5.41) is 5.43. The number of fused-ring (bicyclic) bond motifs is 1.